The monoisotopic (exact) mass is 276 g/mol. The number of anilines is 2. The third-order valence-electron chi connectivity index (χ3n) is 3.65. The second-order valence-corrected chi connectivity index (χ2v) is 7.41. The molecular formula is C16H28N4. The molecular weight excluding hydrogens is 248 g/mol. The first-order valence-corrected chi connectivity index (χ1v) is 7.61. The number of nitrogen functional groups attached to an aromatic ring is 1. The fraction of sp³-hybridized carbons (Fsp3) is 0.750. The Hall–Kier alpha value is -1.32. The van der Waals surface area contributed by atoms with Crippen molar-refractivity contribution in [2.24, 2.45) is 5.92 Å². The average Bonchev–Trinajstić information content (AvgIpc) is 3.12. The van der Waals surface area contributed by atoms with E-state index in [4.69, 9.17) is 10.7 Å². The highest BCUT2D eigenvalue weighted by atomic mass is 15.2. The largest absolute Gasteiger partial charge is 0.383 e. The van der Waals surface area contributed by atoms with E-state index in [9.17, 15) is 0 Å². The van der Waals surface area contributed by atoms with Crippen LogP contribution >= 0.6 is 0 Å². The van der Waals surface area contributed by atoms with Crippen LogP contribution in [0.3, 0.4) is 0 Å². The molecule has 1 saturated carbocycles. The summed E-state index contributed by atoms with van der Waals surface area (Å²) in [5.41, 5.74) is 7.07. The van der Waals surface area contributed by atoms with Crippen LogP contribution in [-0.4, -0.2) is 22.6 Å². The van der Waals surface area contributed by atoms with Gasteiger partial charge in [-0.25, -0.2) is 9.97 Å². The van der Waals surface area contributed by atoms with Crippen molar-refractivity contribution >= 4 is 11.6 Å². The van der Waals surface area contributed by atoms with Crippen molar-refractivity contribution in [1.82, 2.24) is 9.97 Å². The van der Waals surface area contributed by atoms with Crippen LogP contribution in [0.4, 0.5) is 11.6 Å². The molecule has 0 aliphatic heterocycles. The highest BCUT2D eigenvalue weighted by Crippen LogP contribution is 2.35. The van der Waals surface area contributed by atoms with Gasteiger partial charge in [-0.05, 0) is 25.7 Å². The molecule has 0 amide bonds. The van der Waals surface area contributed by atoms with Crippen molar-refractivity contribution in [3.63, 3.8) is 0 Å². The molecule has 0 bridgehead atoms. The summed E-state index contributed by atoms with van der Waals surface area (Å²) in [4.78, 5) is 11.8. The molecule has 4 heteroatoms. The van der Waals surface area contributed by atoms with E-state index in [0.717, 1.165) is 23.8 Å². The van der Waals surface area contributed by atoms with Gasteiger partial charge in [0.2, 0.25) is 0 Å². The standard InChI is InChI=1S/C16H28N4/c1-10(2)9-20(12-7-8-12)14-11(3)13(17)18-15(19-14)16(4,5)6/h10,12H,7-9H2,1-6H3,(H2,17,18,19). The maximum atomic E-state index is 6.13. The van der Waals surface area contributed by atoms with Gasteiger partial charge in [0.05, 0.1) is 0 Å². The Kier molecular flexibility index (Phi) is 3.94. The smallest absolute Gasteiger partial charge is 0.138 e. The highest BCUT2D eigenvalue weighted by Gasteiger charge is 2.32. The van der Waals surface area contributed by atoms with E-state index in [1.54, 1.807) is 0 Å². The molecule has 0 unspecified atom stereocenters. The van der Waals surface area contributed by atoms with E-state index in [2.05, 4.69) is 44.5 Å². The Bertz CT molecular complexity index is 484. The Morgan fingerprint density at radius 2 is 1.85 bits per heavy atom. The number of nitrogens with two attached hydrogens (primary N) is 1. The van der Waals surface area contributed by atoms with Crippen LogP contribution in [0.15, 0.2) is 0 Å². The quantitative estimate of drug-likeness (QED) is 0.917. The minimum atomic E-state index is -0.0797. The minimum Gasteiger partial charge on any atom is -0.383 e. The summed E-state index contributed by atoms with van der Waals surface area (Å²) in [6.07, 6.45) is 2.53. The summed E-state index contributed by atoms with van der Waals surface area (Å²) in [6, 6.07) is 0.637. The summed E-state index contributed by atoms with van der Waals surface area (Å²) in [7, 11) is 0. The second-order valence-electron chi connectivity index (χ2n) is 7.41. The van der Waals surface area contributed by atoms with E-state index in [1.807, 2.05) is 6.92 Å². The van der Waals surface area contributed by atoms with Crippen LogP contribution in [0.5, 0.6) is 0 Å². The third kappa shape index (κ3) is 3.22. The maximum absolute atomic E-state index is 6.13. The van der Waals surface area contributed by atoms with E-state index in [1.165, 1.54) is 12.8 Å². The Morgan fingerprint density at radius 3 is 2.30 bits per heavy atom. The molecule has 0 saturated heterocycles. The van der Waals surface area contributed by atoms with Crippen LogP contribution in [-0.2, 0) is 5.41 Å². The van der Waals surface area contributed by atoms with Crippen LogP contribution in [0, 0.1) is 12.8 Å². The predicted molar refractivity (Wildman–Crippen MR) is 85.1 cm³/mol. The van der Waals surface area contributed by atoms with Crippen LogP contribution in [0.2, 0.25) is 0 Å². The Labute approximate surface area is 122 Å². The lowest BCUT2D eigenvalue weighted by molar-refractivity contribution is 0.540. The molecule has 0 spiro atoms. The Balaban J connectivity index is 2.45. The van der Waals surface area contributed by atoms with Gasteiger partial charge in [-0.2, -0.15) is 0 Å². The van der Waals surface area contributed by atoms with E-state index >= 15 is 0 Å². The number of rotatable bonds is 4. The number of nitrogens with zero attached hydrogens (tertiary/aromatic N) is 3. The predicted octanol–water partition coefficient (Wildman–Crippen LogP) is 3.29. The second kappa shape index (κ2) is 5.23. The number of hydrogen-bond donors (Lipinski definition) is 1. The zero-order chi connectivity index (χ0) is 15.1. The van der Waals surface area contributed by atoms with Gasteiger partial charge < -0.3 is 10.6 Å². The average molecular weight is 276 g/mol. The van der Waals surface area contributed by atoms with Crippen molar-refractivity contribution < 1.29 is 0 Å². The van der Waals surface area contributed by atoms with Crippen molar-refractivity contribution in [2.45, 2.75) is 65.8 Å². The van der Waals surface area contributed by atoms with Gasteiger partial charge in [-0.1, -0.05) is 34.6 Å². The van der Waals surface area contributed by atoms with Gasteiger partial charge in [0, 0.05) is 23.6 Å². The summed E-state index contributed by atoms with van der Waals surface area (Å²) in [5.74, 6) is 3.11. The molecule has 20 heavy (non-hydrogen) atoms. The van der Waals surface area contributed by atoms with Crippen molar-refractivity contribution in [1.29, 1.82) is 0 Å². The molecule has 0 radical (unpaired) electrons. The van der Waals surface area contributed by atoms with Gasteiger partial charge in [0.15, 0.2) is 0 Å². The summed E-state index contributed by atoms with van der Waals surface area (Å²) < 4.78 is 0. The van der Waals surface area contributed by atoms with Gasteiger partial charge in [0.1, 0.15) is 17.5 Å². The molecule has 1 aliphatic carbocycles. The van der Waals surface area contributed by atoms with E-state index in [-0.39, 0.29) is 5.41 Å². The third-order valence-corrected chi connectivity index (χ3v) is 3.65. The zero-order valence-corrected chi connectivity index (χ0v) is 13.7. The van der Waals surface area contributed by atoms with Gasteiger partial charge in [0.25, 0.3) is 0 Å². The van der Waals surface area contributed by atoms with Crippen LogP contribution in [0.25, 0.3) is 0 Å². The summed E-state index contributed by atoms with van der Waals surface area (Å²) >= 11 is 0. The molecule has 112 valence electrons. The lowest BCUT2D eigenvalue weighted by Crippen LogP contribution is -2.33. The topological polar surface area (TPSA) is 55.0 Å². The molecule has 2 N–H and O–H groups in total. The number of aromatic nitrogens is 2. The lowest BCUT2D eigenvalue weighted by atomic mass is 9.95. The lowest BCUT2D eigenvalue weighted by Gasteiger charge is -2.29. The van der Waals surface area contributed by atoms with Gasteiger partial charge >= 0.3 is 0 Å². The molecule has 0 atom stereocenters. The normalized spacial score (nSPS) is 15.8. The van der Waals surface area contributed by atoms with Crippen LogP contribution < -0.4 is 10.6 Å². The summed E-state index contributed by atoms with van der Waals surface area (Å²) in [6.45, 7) is 14.0. The molecule has 4 nitrogen and oxygen atoms in total. The summed E-state index contributed by atoms with van der Waals surface area (Å²) in [5, 5.41) is 0. The van der Waals surface area contributed by atoms with Crippen molar-refractivity contribution in [3.05, 3.63) is 11.4 Å². The van der Waals surface area contributed by atoms with Crippen molar-refractivity contribution in [3.8, 4) is 0 Å². The minimum absolute atomic E-state index is 0.0797. The maximum Gasteiger partial charge on any atom is 0.138 e. The fourth-order valence-electron chi connectivity index (χ4n) is 2.32. The number of hydrogen-bond acceptors (Lipinski definition) is 4. The van der Waals surface area contributed by atoms with Crippen molar-refractivity contribution in [2.75, 3.05) is 17.2 Å². The van der Waals surface area contributed by atoms with E-state index < -0.39 is 0 Å². The first-order chi connectivity index (χ1) is 9.20. The fourth-order valence-corrected chi connectivity index (χ4v) is 2.32. The van der Waals surface area contributed by atoms with E-state index in [0.29, 0.717) is 17.8 Å². The zero-order valence-electron chi connectivity index (χ0n) is 13.7. The molecule has 1 fully saturated rings. The van der Waals surface area contributed by atoms with Crippen LogP contribution in [0.1, 0.15) is 58.8 Å². The molecule has 1 aromatic rings. The van der Waals surface area contributed by atoms with Gasteiger partial charge in [-0.15, -0.1) is 0 Å². The van der Waals surface area contributed by atoms with Gasteiger partial charge in [-0.3, -0.25) is 0 Å². The molecule has 1 aromatic heterocycles. The first kappa shape index (κ1) is 15.1. The highest BCUT2D eigenvalue weighted by molar-refractivity contribution is 5.58. The molecule has 2 rings (SSSR count). The Morgan fingerprint density at radius 1 is 1.25 bits per heavy atom. The molecule has 1 heterocycles. The molecule has 0 aromatic carbocycles. The first-order valence-electron chi connectivity index (χ1n) is 7.61. The SMILES string of the molecule is Cc1c(N)nc(C(C)(C)C)nc1N(CC(C)C)C1CC1. The molecule has 1 aliphatic rings.